The molecular formula is C8H14O4. The molecule has 4 heteroatoms. The van der Waals surface area contributed by atoms with Crippen molar-refractivity contribution in [2.45, 2.75) is 26.7 Å². The normalized spacial score (nSPS) is 12.2. The molecule has 1 atom stereocenters. The Labute approximate surface area is 71.5 Å². The number of carbonyl (C=O) groups excluding carboxylic acids is 1. The van der Waals surface area contributed by atoms with Gasteiger partial charge >= 0.3 is 11.9 Å². The third-order valence-electron chi connectivity index (χ3n) is 1.48. The van der Waals surface area contributed by atoms with Crippen molar-refractivity contribution in [3.63, 3.8) is 0 Å². The van der Waals surface area contributed by atoms with Crippen LogP contribution in [0.15, 0.2) is 0 Å². The van der Waals surface area contributed by atoms with Gasteiger partial charge in [0.2, 0.25) is 0 Å². The van der Waals surface area contributed by atoms with Gasteiger partial charge in [-0.1, -0.05) is 6.92 Å². The second kappa shape index (κ2) is 5.57. The number of carboxylic acid groups (broad SMARTS) is 1. The average Bonchev–Trinajstić information content (AvgIpc) is 2.00. The lowest BCUT2D eigenvalue weighted by Gasteiger charge is -2.07. The first kappa shape index (κ1) is 10.9. The zero-order valence-electron chi connectivity index (χ0n) is 7.37. The smallest absolute Gasteiger partial charge is 0.308 e. The third kappa shape index (κ3) is 4.71. The first-order valence-electron chi connectivity index (χ1n) is 3.96. The van der Waals surface area contributed by atoms with E-state index in [1.54, 1.807) is 13.8 Å². The van der Waals surface area contributed by atoms with E-state index in [0.29, 0.717) is 13.0 Å². The van der Waals surface area contributed by atoms with Crippen LogP contribution in [0.25, 0.3) is 0 Å². The quantitative estimate of drug-likeness (QED) is 0.633. The van der Waals surface area contributed by atoms with Gasteiger partial charge in [0, 0.05) is 6.42 Å². The van der Waals surface area contributed by atoms with Gasteiger partial charge in [-0.2, -0.15) is 0 Å². The third-order valence-corrected chi connectivity index (χ3v) is 1.48. The molecule has 0 saturated carbocycles. The number of carboxylic acids is 1. The highest BCUT2D eigenvalue weighted by Crippen LogP contribution is 2.07. The Hall–Kier alpha value is -1.06. The maximum Gasteiger partial charge on any atom is 0.308 e. The summed E-state index contributed by atoms with van der Waals surface area (Å²) in [5.74, 6) is -1.52. The van der Waals surface area contributed by atoms with Crippen LogP contribution in [0.1, 0.15) is 26.7 Å². The standard InChI is InChI=1S/C8H14O4/c1-3-12-8(11)6(2)4-5-7(9)10/h6H,3-5H2,1-2H3,(H,9,10). The van der Waals surface area contributed by atoms with E-state index < -0.39 is 5.97 Å². The van der Waals surface area contributed by atoms with E-state index in [1.165, 1.54) is 0 Å². The summed E-state index contributed by atoms with van der Waals surface area (Å²) in [6.45, 7) is 3.74. The number of aliphatic carboxylic acids is 1. The highest BCUT2D eigenvalue weighted by molar-refractivity contribution is 5.73. The fourth-order valence-corrected chi connectivity index (χ4v) is 0.742. The molecule has 0 fully saturated rings. The second-order valence-electron chi connectivity index (χ2n) is 2.59. The van der Waals surface area contributed by atoms with Gasteiger partial charge < -0.3 is 9.84 Å². The maximum absolute atomic E-state index is 10.9. The molecular weight excluding hydrogens is 160 g/mol. The Morgan fingerprint density at radius 3 is 2.50 bits per heavy atom. The minimum atomic E-state index is -0.883. The molecule has 0 aliphatic heterocycles. The number of hydrogen-bond acceptors (Lipinski definition) is 3. The van der Waals surface area contributed by atoms with Gasteiger partial charge in [0.15, 0.2) is 0 Å². The number of rotatable bonds is 5. The maximum atomic E-state index is 10.9. The molecule has 0 aliphatic rings. The van der Waals surface area contributed by atoms with Gasteiger partial charge in [0.05, 0.1) is 12.5 Å². The molecule has 0 heterocycles. The molecule has 0 rings (SSSR count). The van der Waals surface area contributed by atoms with Crippen molar-refractivity contribution in [2.24, 2.45) is 5.92 Å². The number of ether oxygens (including phenoxy) is 1. The molecule has 0 aromatic heterocycles. The topological polar surface area (TPSA) is 63.6 Å². The van der Waals surface area contributed by atoms with Gasteiger partial charge in [0.1, 0.15) is 0 Å². The summed E-state index contributed by atoms with van der Waals surface area (Å²) in [5.41, 5.74) is 0. The Balaban J connectivity index is 3.63. The fourth-order valence-electron chi connectivity index (χ4n) is 0.742. The van der Waals surface area contributed by atoms with Gasteiger partial charge in [-0.15, -0.1) is 0 Å². The molecule has 0 amide bonds. The van der Waals surface area contributed by atoms with Crippen LogP contribution in [-0.4, -0.2) is 23.7 Å². The summed E-state index contributed by atoms with van der Waals surface area (Å²) >= 11 is 0. The minimum absolute atomic E-state index is 0.0139. The molecule has 0 saturated heterocycles. The summed E-state index contributed by atoms with van der Waals surface area (Å²) in [6.07, 6.45) is 0.355. The summed E-state index contributed by atoms with van der Waals surface area (Å²) in [4.78, 5) is 21.1. The second-order valence-corrected chi connectivity index (χ2v) is 2.59. The SMILES string of the molecule is CCOC(=O)C(C)CCC(=O)O. The van der Waals surface area contributed by atoms with Crippen LogP contribution < -0.4 is 0 Å². The Morgan fingerprint density at radius 1 is 1.50 bits per heavy atom. The molecule has 1 N–H and O–H groups in total. The lowest BCUT2D eigenvalue weighted by molar-refractivity contribution is -0.148. The molecule has 4 nitrogen and oxygen atoms in total. The molecule has 12 heavy (non-hydrogen) atoms. The highest BCUT2D eigenvalue weighted by Gasteiger charge is 2.14. The van der Waals surface area contributed by atoms with Gasteiger partial charge in [-0.05, 0) is 13.3 Å². The molecule has 1 unspecified atom stereocenters. The van der Waals surface area contributed by atoms with E-state index in [4.69, 9.17) is 9.84 Å². The van der Waals surface area contributed by atoms with E-state index in [2.05, 4.69) is 0 Å². The summed E-state index contributed by atoms with van der Waals surface area (Å²) in [5, 5.41) is 8.32. The number of hydrogen-bond donors (Lipinski definition) is 1. The van der Waals surface area contributed by atoms with Crippen molar-refractivity contribution >= 4 is 11.9 Å². The van der Waals surface area contributed by atoms with Crippen LogP contribution in [0.3, 0.4) is 0 Å². The van der Waals surface area contributed by atoms with Crippen LogP contribution in [0.2, 0.25) is 0 Å². The molecule has 0 radical (unpaired) electrons. The molecule has 0 aliphatic carbocycles. The summed E-state index contributed by atoms with van der Waals surface area (Å²) in [7, 11) is 0. The van der Waals surface area contributed by atoms with Crippen molar-refractivity contribution in [3.8, 4) is 0 Å². The van der Waals surface area contributed by atoms with Gasteiger partial charge in [-0.25, -0.2) is 0 Å². The molecule has 70 valence electrons. The monoisotopic (exact) mass is 174 g/mol. The number of esters is 1. The fraction of sp³-hybridized carbons (Fsp3) is 0.750. The minimum Gasteiger partial charge on any atom is -0.481 e. The van der Waals surface area contributed by atoms with E-state index in [0.717, 1.165) is 0 Å². The van der Waals surface area contributed by atoms with Gasteiger partial charge in [-0.3, -0.25) is 9.59 Å². The largest absolute Gasteiger partial charge is 0.481 e. The predicted octanol–water partition coefficient (Wildman–Crippen LogP) is 1.05. The lowest BCUT2D eigenvalue weighted by atomic mass is 10.1. The van der Waals surface area contributed by atoms with E-state index >= 15 is 0 Å². The van der Waals surface area contributed by atoms with Crippen molar-refractivity contribution < 1.29 is 19.4 Å². The van der Waals surface area contributed by atoms with Crippen molar-refractivity contribution in [3.05, 3.63) is 0 Å². The van der Waals surface area contributed by atoms with Crippen LogP contribution in [0.5, 0.6) is 0 Å². The van der Waals surface area contributed by atoms with E-state index in [1.807, 2.05) is 0 Å². The first-order chi connectivity index (χ1) is 5.57. The molecule has 0 aromatic rings. The number of carbonyl (C=O) groups is 2. The van der Waals surface area contributed by atoms with Crippen molar-refractivity contribution in [1.82, 2.24) is 0 Å². The summed E-state index contributed by atoms with van der Waals surface area (Å²) in [6, 6.07) is 0. The Morgan fingerprint density at radius 2 is 2.08 bits per heavy atom. The zero-order valence-corrected chi connectivity index (χ0v) is 7.37. The van der Waals surface area contributed by atoms with Crippen LogP contribution >= 0.6 is 0 Å². The highest BCUT2D eigenvalue weighted by atomic mass is 16.5. The van der Waals surface area contributed by atoms with E-state index in [-0.39, 0.29) is 18.3 Å². The lowest BCUT2D eigenvalue weighted by Crippen LogP contribution is -2.15. The Kier molecular flexibility index (Phi) is 5.08. The first-order valence-corrected chi connectivity index (χ1v) is 3.96. The molecule has 0 aromatic carbocycles. The van der Waals surface area contributed by atoms with Gasteiger partial charge in [0.25, 0.3) is 0 Å². The van der Waals surface area contributed by atoms with E-state index in [9.17, 15) is 9.59 Å². The molecule has 0 bridgehead atoms. The molecule has 0 spiro atoms. The van der Waals surface area contributed by atoms with Crippen molar-refractivity contribution in [2.75, 3.05) is 6.61 Å². The van der Waals surface area contributed by atoms with Crippen LogP contribution in [0, 0.1) is 5.92 Å². The van der Waals surface area contributed by atoms with Crippen LogP contribution in [-0.2, 0) is 14.3 Å². The predicted molar refractivity (Wildman–Crippen MR) is 42.7 cm³/mol. The van der Waals surface area contributed by atoms with Crippen LogP contribution in [0.4, 0.5) is 0 Å². The zero-order chi connectivity index (χ0) is 9.56. The Bertz CT molecular complexity index is 164. The average molecular weight is 174 g/mol. The van der Waals surface area contributed by atoms with Crippen molar-refractivity contribution in [1.29, 1.82) is 0 Å². The summed E-state index contributed by atoms with van der Waals surface area (Å²) < 4.78 is 4.70.